The van der Waals surface area contributed by atoms with E-state index in [1.165, 1.54) is 25.7 Å². The summed E-state index contributed by atoms with van der Waals surface area (Å²) >= 11 is 0. The van der Waals surface area contributed by atoms with Crippen LogP contribution in [0.5, 0.6) is 0 Å². The van der Waals surface area contributed by atoms with Gasteiger partial charge in [0.05, 0.1) is 13.2 Å². The molecule has 0 saturated heterocycles. The first-order chi connectivity index (χ1) is 10.3. The number of unbranched alkanes of at least 4 members (excludes halogenated alkanes) is 5. The van der Waals surface area contributed by atoms with Crippen LogP contribution in [0.25, 0.3) is 0 Å². The molecular formula is C18H28O3. The smallest absolute Gasteiger partial charge is 0.166 e. The third-order valence-corrected chi connectivity index (χ3v) is 3.55. The highest BCUT2D eigenvalue weighted by atomic mass is 16.5. The summed E-state index contributed by atoms with van der Waals surface area (Å²) < 4.78 is 5.54. The zero-order valence-electron chi connectivity index (χ0n) is 13.1. The summed E-state index contributed by atoms with van der Waals surface area (Å²) in [6.45, 7) is 2.34. The first-order valence-electron chi connectivity index (χ1n) is 8.09. The topological polar surface area (TPSA) is 46.5 Å². The van der Waals surface area contributed by atoms with Crippen molar-refractivity contribution < 1.29 is 14.6 Å². The first kappa shape index (κ1) is 17.9. The van der Waals surface area contributed by atoms with E-state index in [4.69, 9.17) is 9.84 Å². The van der Waals surface area contributed by atoms with E-state index in [1.54, 1.807) is 0 Å². The molecule has 1 unspecified atom stereocenters. The number of benzene rings is 1. The van der Waals surface area contributed by atoms with Crippen molar-refractivity contribution in [3.05, 3.63) is 35.9 Å². The predicted molar refractivity (Wildman–Crippen MR) is 85.2 cm³/mol. The van der Waals surface area contributed by atoms with Crippen molar-refractivity contribution in [2.24, 2.45) is 0 Å². The van der Waals surface area contributed by atoms with Crippen molar-refractivity contribution in [3.63, 3.8) is 0 Å². The van der Waals surface area contributed by atoms with Gasteiger partial charge in [-0.15, -0.1) is 0 Å². The highest BCUT2D eigenvalue weighted by Crippen LogP contribution is 2.21. The largest absolute Gasteiger partial charge is 0.394 e. The molecule has 0 saturated carbocycles. The van der Waals surface area contributed by atoms with Crippen LogP contribution in [0.4, 0.5) is 0 Å². The molecule has 118 valence electrons. The summed E-state index contributed by atoms with van der Waals surface area (Å²) in [6, 6.07) is 9.54. The van der Waals surface area contributed by atoms with Gasteiger partial charge < -0.3 is 9.84 Å². The molecule has 3 heteroatoms. The zero-order chi connectivity index (χ0) is 15.3. The maximum Gasteiger partial charge on any atom is 0.166 e. The molecule has 0 heterocycles. The van der Waals surface area contributed by atoms with E-state index in [-0.39, 0.29) is 19.0 Å². The fourth-order valence-corrected chi connectivity index (χ4v) is 2.38. The minimum Gasteiger partial charge on any atom is -0.394 e. The maximum atomic E-state index is 12.3. The van der Waals surface area contributed by atoms with Gasteiger partial charge >= 0.3 is 0 Å². The molecule has 0 aliphatic rings. The Kier molecular flexibility index (Phi) is 9.75. The Bertz CT molecular complexity index is 375. The number of rotatable bonds is 12. The van der Waals surface area contributed by atoms with Crippen molar-refractivity contribution in [1.29, 1.82) is 0 Å². The number of carbonyl (C=O) groups is 1. The molecule has 1 aromatic carbocycles. The van der Waals surface area contributed by atoms with Crippen LogP contribution in [0.1, 0.15) is 63.5 Å². The number of Topliss-reactive ketones (excluding diaryl/α,β-unsaturated/α-hetero) is 1. The molecule has 3 nitrogen and oxygen atoms in total. The molecule has 0 aromatic heterocycles. The van der Waals surface area contributed by atoms with Crippen LogP contribution < -0.4 is 0 Å². The van der Waals surface area contributed by atoms with Crippen LogP contribution >= 0.6 is 0 Å². The van der Waals surface area contributed by atoms with Gasteiger partial charge in [-0.25, -0.2) is 0 Å². The molecule has 1 N–H and O–H groups in total. The normalized spacial score (nSPS) is 12.3. The average molecular weight is 292 g/mol. The maximum absolute atomic E-state index is 12.3. The van der Waals surface area contributed by atoms with Gasteiger partial charge in [-0.1, -0.05) is 69.4 Å². The standard InChI is InChI=1S/C18H28O3/c1-2-3-4-5-6-10-13-17(20)18(21-15-14-19)16-11-8-7-9-12-16/h7-9,11-12,18-19H,2-6,10,13-15H2,1H3. The number of ketones is 1. The van der Waals surface area contributed by atoms with Gasteiger partial charge in [-0.3, -0.25) is 4.79 Å². The van der Waals surface area contributed by atoms with E-state index in [9.17, 15) is 4.79 Å². The number of ether oxygens (including phenoxy) is 1. The molecule has 0 spiro atoms. The van der Waals surface area contributed by atoms with Gasteiger partial charge in [0.1, 0.15) is 6.10 Å². The Morgan fingerprint density at radius 3 is 2.43 bits per heavy atom. The van der Waals surface area contributed by atoms with Gasteiger partial charge in [0, 0.05) is 6.42 Å². The Morgan fingerprint density at radius 1 is 1.10 bits per heavy atom. The summed E-state index contributed by atoms with van der Waals surface area (Å²) in [7, 11) is 0. The molecule has 0 amide bonds. The summed E-state index contributed by atoms with van der Waals surface area (Å²) in [5.74, 6) is 0.116. The van der Waals surface area contributed by atoms with Crippen molar-refractivity contribution in [3.8, 4) is 0 Å². The van der Waals surface area contributed by atoms with E-state index in [0.717, 1.165) is 18.4 Å². The Morgan fingerprint density at radius 2 is 1.76 bits per heavy atom. The summed E-state index contributed by atoms with van der Waals surface area (Å²) in [4.78, 5) is 12.3. The Balaban J connectivity index is 2.41. The number of carbonyl (C=O) groups excluding carboxylic acids is 1. The van der Waals surface area contributed by atoms with Crippen molar-refractivity contribution in [2.75, 3.05) is 13.2 Å². The minimum atomic E-state index is -0.533. The molecule has 0 bridgehead atoms. The van der Waals surface area contributed by atoms with Gasteiger partial charge in [-0.2, -0.15) is 0 Å². The van der Waals surface area contributed by atoms with Gasteiger partial charge in [-0.05, 0) is 12.0 Å². The number of hydrogen-bond donors (Lipinski definition) is 1. The van der Waals surface area contributed by atoms with Crippen molar-refractivity contribution >= 4 is 5.78 Å². The fourth-order valence-electron chi connectivity index (χ4n) is 2.38. The summed E-state index contributed by atoms with van der Waals surface area (Å²) in [5.41, 5.74) is 0.877. The molecule has 0 fully saturated rings. The lowest BCUT2D eigenvalue weighted by molar-refractivity contribution is -0.131. The van der Waals surface area contributed by atoms with E-state index in [2.05, 4.69) is 6.92 Å². The first-order valence-corrected chi connectivity index (χ1v) is 8.09. The monoisotopic (exact) mass is 292 g/mol. The Hall–Kier alpha value is -1.19. The second-order valence-corrected chi connectivity index (χ2v) is 5.37. The highest BCUT2D eigenvalue weighted by molar-refractivity contribution is 5.84. The summed E-state index contributed by atoms with van der Waals surface area (Å²) in [6.07, 6.45) is 7.03. The number of aliphatic hydroxyl groups excluding tert-OH is 1. The highest BCUT2D eigenvalue weighted by Gasteiger charge is 2.20. The lowest BCUT2D eigenvalue weighted by Crippen LogP contribution is -2.17. The van der Waals surface area contributed by atoms with Crippen LogP contribution in [0, 0.1) is 0 Å². The third kappa shape index (κ3) is 7.39. The molecule has 21 heavy (non-hydrogen) atoms. The fraction of sp³-hybridized carbons (Fsp3) is 0.611. The van der Waals surface area contributed by atoms with Crippen LogP contribution in [0.3, 0.4) is 0 Å². The summed E-state index contributed by atoms with van der Waals surface area (Å²) in [5, 5.41) is 8.90. The Labute approximate surface area is 128 Å². The molecule has 1 aromatic rings. The second kappa shape index (κ2) is 11.5. The van der Waals surface area contributed by atoms with E-state index in [1.807, 2.05) is 30.3 Å². The van der Waals surface area contributed by atoms with Crippen LogP contribution in [-0.4, -0.2) is 24.1 Å². The third-order valence-electron chi connectivity index (χ3n) is 3.55. The van der Waals surface area contributed by atoms with Crippen LogP contribution in [0.2, 0.25) is 0 Å². The number of hydrogen-bond acceptors (Lipinski definition) is 3. The lowest BCUT2D eigenvalue weighted by atomic mass is 10.0. The van der Waals surface area contributed by atoms with Crippen molar-refractivity contribution in [1.82, 2.24) is 0 Å². The van der Waals surface area contributed by atoms with E-state index < -0.39 is 6.10 Å². The SMILES string of the molecule is CCCCCCCCC(=O)C(OCCO)c1ccccc1. The second-order valence-electron chi connectivity index (χ2n) is 5.37. The van der Waals surface area contributed by atoms with Crippen molar-refractivity contribution in [2.45, 2.75) is 58.0 Å². The molecule has 1 rings (SSSR count). The average Bonchev–Trinajstić information content (AvgIpc) is 2.52. The van der Waals surface area contributed by atoms with Gasteiger partial charge in [0.15, 0.2) is 5.78 Å². The van der Waals surface area contributed by atoms with E-state index >= 15 is 0 Å². The lowest BCUT2D eigenvalue weighted by Gasteiger charge is -2.16. The van der Waals surface area contributed by atoms with Crippen LogP contribution in [-0.2, 0) is 9.53 Å². The van der Waals surface area contributed by atoms with Gasteiger partial charge in [0.2, 0.25) is 0 Å². The molecule has 0 aliphatic heterocycles. The van der Waals surface area contributed by atoms with E-state index in [0.29, 0.717) is 6.42 Å². The van der Waals surface area contributed by atoms with Gasteiger partial charge in [0.25, 0.3) is 0 Å². The minimum absolute atomic E-state index is 0.0619. The molecule has 0 aliphatic carbocycles. The predicted octanol–water partition coefficient (Wildman–Crippen LogP) is 4.06. The molecule has 0 radical (unpaired) electrons. The number of aliphatic hydroxyl groups is 1. The quantitative estimate of drug-likeness (QED) is 0.591. The van der Waals surface area contributed by atoms with Crippen LogP contribution in [0.15, 0.2) is 30.3 Å². The molecule has 1 atom stereocenters. The zero-order valence-corrected chi connectivity index (χ0v) is 13.1. The molecular weight excluding hydrogens is 264 g/mol.